The van der Waals surface area contributed by atoms with E-state index in [2.05, 4.69) is 105 Å². The lowest BCUT2D eigenvalue weighted by molar-refractivity contribution is 1.18. The number of benzene rings is 7. The summed E-state index contributed by atoms with van der Waals surface area (Å²) in [6, 6.07) is 55.5. The topological polar surface area (TPSA) is 61.8 Å². The fourth-order valence-corrected chi connectivity index (χ4v) is 7.43. The van der Waals surface area contributed by atoms with Gasteiger partial charge < -0.3 is 9.13 Å². The lowest BCUT2D eigenvalue weighted by Gasteiger charge is -2.17. The summed E-state index contributed by atoms with van der Waals surface area (Å²) in [6.07, 6.45) is 0. The largest absolute Gasteiger partial charge is 0.309 e. The van der Waals surface area contributed by atoms with E-state index in [-0.39, 0.29) is 0 Å². The second kappa shape index (κ2) is 11.4. The van der Waals surface area contributed by atoms with Gasteiger partial charge >= 0.3 is 0 Å². The smallest absolute Gasteiger partial charge is 0.195 e. The van der Waals surface area contributed by atoms with Gasteiger partial charge in [-0.15, -0.1) is 0 Å². The molecule has 0 amide bonds. The summed E-state index contributed by atoms with van der Waals surface area (Å²) in [7, 11) is 0. The van der Waals surface area contributed by atoms with Gasteiger partial charge in [0.15, 0.2) is 5.69 Å². The standard InChI is InChI=1S/C45H25N5/c1-48-40-22-21-31(30-10-8-12-33(25-30)49-41-17-5-2-13-34(41)35-14-3-6-18-42(35)49)26-38(40)36-15-4-7-19-43(36)50-44-23-20-29(27-46)24-39(44)37-16-9-11-32(28-47)45(37)50/h2-26H. The lowest BCUT2D eigenvalue weighted by atomic mass is 9.96. The maximum absolute atomic E-state index is 10.2. The highest BCUT2D eigenvalue weighted by Crippen LogP contribution is 2.42. The molecule has 0 aliphatic carbocycles. The summed E-state index contributed by atoms with van der Waals surface area (Å²) in [5.74, 6) is 0. The van der Waals surface area contributed by atoms with E-state index >= 15 is 0 Å². The third-order valence-electron chi connectivity index (χ3n) is 9.61. The predicted molar refractivity (Wildman–Crippen MR) is 202 cm³/mol. The van der Waals surface area contributed by atoms with E-state index in [1.807, 2.05) is 72.8 Å². The Balaban J connectivity index is 1.26. The zero-order chi connectivity index (χ0) is 33.8. The number of aromatic nitrogens is 2. The second-order valence-electron chi connectivity index (χ2n) is 12.3. The van der Waals surface area contributed by atoms with Crippen LogP contribution in [-0.2, 0) is 0 Å². The molecule has 0 aliphatic heterocycles. The van der Waals surface area contributed by atoms with Crippen LogP contribution in [0.15, 0.2) is 152 Å². The van der Waals surface area contributed by atoms with Crippen LogP contribution >= 0.6 is 0 Å². The van der Waals surface area contributed by atoms with Gasteiger partial charge in [0.1, 0.15) is 6.07 Å². The Morgan fingerprint density at radius 2 is 1.18 bits per heavy atom. The molecule has 0 bridgehead atoms. The van der Waals surface area contributed by atoms with Gasteiger partial charge in [0.2, 0.25) is 0 Å². The quantitative estimate of drug-likeness (QED) is 0.181. The van der Waals surface area contributed by atoms with E-state index < -0.39 is 0 Å². The van der Waals surface area contributed by atoms with E-state index in [0.29, 0.717) is 16.8 Å². The van der Waals surface area contributed by atoms with Gasteiger partial charge in [-0.3, -0.25) is 0 Å². The third kappa shape index (κ3) is 4.31. The van der Waals surface area contributed by atoms with Crippen LogP contribution in [0.25, 0.3) is 82.1 Å². The number of nitrogens with zero attached hydrogens (tertiary/aromatic N) is 5. The number of fused-ring (bicyclic) bond motifs is 6. The van der Waals surface area contributed by atoms with Gasteiger partial charge in [0.25, 0.3) is 0 Å². The molecule has 5 nitrogen and oxygen atoms in total. The predicted octanol–water partition coefficient (Wildman–Crippen LogP) is 11.5. The molecule has 0 unspecified atom stereocenters. The number of nitriles is 2. The molecule has 0 atom stereocenters. The Labute approximate surface area is 288 Å². The van der Waals surface area contributed by atoms with Crippen molar-refractivity contribution < 1.29 is 0 Å². The zero-order valence-corrected chi connectivity index (χ0v) is 26.7. The van der Waals surface area contributed by atoms with Crippen LogP contribution in [0.3, 0.4) is 0 Å². The maximum atomic E-state index is 10.2. The number of hydrogen-bond donors (Lipinski definition) is 0. The highest BCUT2D eigenvalue weighted by Gasteiger charge is 2.20. The van der Waals surface area contributed by atoms with Gasteiger partial charge in [-0.05, 0) is 76.9 Å². The van der Waals surface area contributed by atoms with Gasteiger partial charge in [0, 0.05) is 27.2 Å². The van der Waals surface area contributed by atoms with Gasteiger partial charge in [0.05, 0.1) is 51.5 Å². The minimum atomic E-state index is 0.535. The van der Waals surface area contributed by atoms with E-state index in [1.165, 1.54) is 10.8 Å². The number of hydrogen-bond acceptors (Lipinski definition) is 2. The highest BCUT2D eigenvalue weighted by atomic mass is 15.0. The Morgan fingerprint density at radius 1 is 0.500 bits per heavy atom. The fraction of sp³-hybridized carbons (Fsp3) is 0. The molecule has 0 aliphatic rings. The van der Waals surface area contributed by atoms with E-state index in [0.717, 1.165) is 66.5 Å². The molecule has 0 saturated carbocycles. The second-order valence-corrected chi connectivity index (χ2v) is 12.3. The molecular weight excluding hydrogens is 611 g/mol. The molecule has 2 heterocycles. The molecule has 9 rings (SSSR count). The van der Waals surface area contributed by atoms with E-state index in [1.54, 1.807) is 0 Å². The Kier molecular flexibility index (Phi) is 6.56. The van der Waals surface area contributed by atoms with Crippen LogP contribution in [0.1, 0.15) is 11.1 Å². The van der Waals surface area contributed by atoms with E-state index in [9.17, 15) is 10.5 Å². The molecule has 0 saturated heterocycles. The lowest BCUT2D eigenvalue weighted by Crippen LogP contribution is -1.99. The molecule has 50 heavy (non-hydrogen) atoms. The van der Waals surface area contributed by atoms with Gasteiger partial charge in [-0.2, -0.15) is 10.5 Å². The molecule has 0 fully saturated rings. The van der Waals surface area contributed by atoms with Crippen molar-refractivity contribution in [1.29, 1.82) is 10.5 Å². The Bertz CT molecular complexity index is 2920. The SMILES string of the molecule is [C-]#[N+]c1ccc(-c2cccc(-n3c4ccccc4c4ccccc43)c2)cc1-c1ccccc1-n1c2ccc(C#N)cc2c2cccc(C#N)c21. The minimum Gasteiger partial charge on any atom is -0.309 e. The first-order valence-corrected chi connectivity index (χ1v) is 16.3. The van der Waals surface area contributed by atoms with Crippen molar-refractivity contribution in [3.63, 3.8) is 0 Å². The molecule has 2 aromatic heterocycles. The van der Waals surface area contributed by atoms with Crippen LogP contribution in [0.5, 0.6) is 0 Å². The van der Waals surface area contributed by atoms with Crippen molar-refractivity contribution in [3.05, 3.63) is 174 Å². The Hall–Kier alpha value is -7.39. The summed E-state index contributed by atoms with van der Waals surface area (Å²) >= 11 is 0. The van der Waals surface area contributed by atoms with E-state index in [4.69, 9.17) is 6.57 Å². The fourth-order valence-electron chi connectivity index (χ4n) is 7.43. The molecule has 230 valence electrons. The maximum Gasteiger partial charge on any atom is 0.195 e. The minimum absolute atomic E-state index is 0.535. The van der Waals surface area contributed by atoms with Crippen LogP contribution in [0, 0.1) is 29.2 Å². The van der Waals surface area contributed by atoms with Crippen molar-refractivity contribution in [2.24, 2.45) is 0 Å². The summed E-state index contributed by atoms with van der Waals surface area (Å²) in [5, 5.41) is 24.1. The highest BCUT2D eigenvalue weighted by molar-refractivity contribution is 6.12. The molecule has 9 aromatic rings. The summed E-state index contributed by atoms with van der Waals surface area (Å²) in [6.45, 7) is 8.15. The Morgan fingerprint density at radius 3 is 1.94 bits per heavy atom. The van der Waals surface area contributed by atoms with Crippen LogP contribution < -0.4 is 0 Å². The molecule has 0 N–H and O–H groups in total. The molecule has 7 aromatic carbocycles. The normalized spacial score (nSPS) is 11.1. The third-order valence-corrected chi connectivity index (χ3v) is 9.61. The van der Waals surface area contributed by atoms with Crippen LogP contribution in [0.4, 0.5) is 5.69 Å². The molecule has 0 spiro atoms. The molecule has 5 heteroatoms. The number of para-hydroxylation sites is 4. The van der Waals surface area contributed by atoms with Crippen molar-refractivity contribution in [2.75, 3.05) is 0 Å². The monoisotopic (exact) mass is 635 g/mol. The van der Waals surface area contributed by atoms with Crippen molar-refractivity contribution in [2.45, 2.75) is 0 Å². The van der Waals surface area contributed by atoms with Crippen molar-refractivity contribution >= 4 is 49.3 Å². The molecule has 0 radical (unpaired) electrons. The summed E-state index contributed by atoms with van der Waals surface area (Å²) in [4.78, 5) is 3.96. The van der Waals surface area contributed by atoms with Gasteiger partial charge in [-0.1, -0.05) is 97.1 Å². The van der Waals surface area contributed by atoms with Crippen LogP contribution in [-0.4, -0.2) is 9.13 Å². The first-order valence-electron chi connectivity index (χ1n) is 16.3. The van der Waals surface area contributed by atoms with Crippen molar-refractivity contribution in [3.8, 4) is 45.8 Å². The molecular formula is C45H25N5. The van der Waals surface area contributed by atoms with Crippen LogP contribution in [0.2, 0.25) is 0 Å². The van der Waals surface area contributed by atoms with Crippen molar-refractivity contribution in [1.82, 2.24) is 9.13 Å². The summed E-state index contributed by atoms with van der Waals surface area (Å²) < 4.78 is 4.41. The first-order chi connectivity index (χ1) is 24.7. The average molecular weight is 636 g/mol. The summed E-state index contributed by atoms with van der Waals surface area (Å²) in [5.41, 5.74) is 11.2. The average Bonchev–Trinajstić information content (AvgIpc) is 3.70. The first kappa shape index (κ1) is 28.8. The van der Waals surface area contributed by atoms with Gasteiger partial charge in [-0.25, -0.2) is 4.85 Å². The zero-order valence-electron chi connectivity index (χ0n) is 26.7. The number of rotatable bonds is 4.